The maximum absolute atomic E-state index is 12.6. The third-order valence-corrected chi connectivity index (χ3v) is 5.07. The van der Waals surface area contributed by atoms with Crippen LogP contribution in [-0.4, -0.2) is 51.2 Å². The van der Waals surface area contributed by atoms with Crippen molar-refractivity contribution in [3.8, 4) is 0 Å². The Morgan fingerprint density at radius 2 is 1.87 bits per heavy atom. The summed E-state index contributed by atoms with van der Waals surface area (Å²) >= 11 is 0. The zero-order valence-corrected chi connectivity index (χ0v) is 17.0. The molecule has 9 nitrogen and oxygen atoms in total. The number of nitrogens with zero attached hydrogens (tertiary/aromatic N) is 5. The smallest absolute Gasteiger partial charge is 0.342 e. The molecule has 0 atom stereocenters. The maximum Gasteiger partial charge on any atom is 0.342 e. The summed E-state index contributed by atoms with van der Waals surface area (Å²) in [7, 11) is 0. The molecule has 1 aliphatic rings. The zero-order chi connectivity index (χ0) is 21.1. The first-order valence-corrected chi connectivity index (χ1v) is 10.0. The highest BCUT2D eigenvalue weighted by Crippen LogP contribution is 2.22. The Kier molecular flexibility index (Phi) is 5.60. The number of anilines is 2. The Balaban J connectivity index is 1.37. The molecule has 1 aromatic carbocycles. The van der Waals surface area contributed by atoms with E-state index in [4.69, 9.17) is 4.74 Å². The predicted octanol–water partition coefficient (Wildman–Crippen LogP) is 2.64. The molecule has 3 aromatic rings. The van der Waals surface area contributed by atoms with Crippen LogP contribution < -0.4 is 10.2 Å². The van der Waals surface area contributed by atoms with Crippen LogP contribution in [0.2, 0.25) is 0 Å². The first-order valence-electron chi connectivity index (χ1n) is 10.0. The summed E-state index contributed by atoms with van der Waals surface area (Å²) in [5.74, 6) is -0.630. The van der Waals surface area contributed by atoms with E-state index >= 15 is 0 Å². The van der Waals surface area contributed by atoms with Gasteiger partial charge in [-0.2, -0.15) is 10.1 Å². The molecular formula is C21H24N6O3. The fourth-order valence-corrected chi connectivity index (χ4v) is 3.65. The number of rotatable bonds is 6. The number of ether oxygens (including phenoxy) is 1. The number of nitrogens with one attached hydrogen (secondary N) is 1. The lowest BCUT2D eigenvalue weighted by Gasteiger charge is -2.17. The molecule has 0 spiro atoms. The van der Waals surface area contributed by atoms with Gasteiger partial charge in [-0.3, -0.25) is 4.79 Å². The van der Waals surface area contributed by atoms with Gasteiger partial charge < -0.3 is 15.0 Å². The Hall–Kier alpha value is -3.49. The largest absolute Gasteiger partial charge is 0.452 e. The van der Waals surface area contributed by atoms with Gasteiger partial charge in [-0.05, 0) is 43.0 Å². The lowest BCUT2D eigenvalue weighted by atomic mass is 10.1. The van der Waals surface area contributed by atoms with E-state index < -0.39 is 11.9 Å². The van der Waals surface area contributed by atoms with Gasteiger partial charge in [0.2, 0.25) is 0 Å². The molecule has 0 unspecified atom stereocenters. The van der Waals surface area contributed by atoms with Crippen molar-refractivity contribution >= 4 is 29.0 Å². The van der Waals surface area contributed by atoms with Crippen molar-refractivity contribution in [2.45, 2.75) is 32.6 Å². The Labute approximate surface area is 174 Å². The van der Waals surface area contributed by atoms with Gasteiger partial charge in [0.05, 0.1) is 11.3 Å². The molecule has 1 aliphatic heterocycles. The van der Waals surface area contributed by atoms with Crippen molar-refractivity contribution in [3.05, 3.63) is 48.0 Å². The van der Waals surface area contributed by atoms with E-state index in [1.807, 2.05) is 38.1 Å². The van der Waals surface area contributed by atoms with E-state index in [1.165, 1.54) is 29.9 Å². The van der Waals surface area contributed by atoms with Crippen molar-refractivity contribution in [3.63, 3.8) is 0 Å². The fourth-order valence-electron chi connectivity index (χ4n) is 3.65. The van der Waals surface area contributed by atoms with E-state index in [0.717, 1.165) is 18.8 Å². The van der Waals surface area contributed by atoms with E-state index in [2.05, 4.69) is 25.3 Å². The molecule has 0 radical (unpaired) electrons. The number of amides is 1. The Morgan fingerprint density at radius 3 is 2.57 bits per heavy atom. The standard InChI is InChI=1S/C21H24N6O3/c1-14(2)19-17(11-22-21-23-13-24-27(19)21)20(29)30-12-18(28)25-15-5-7-16(8-6-15)26-9-3-4-10-26/h5-8,11,13-14H,3-4,9-10,12H2,1-2H3,(H,25,28). The molecule has 1 amide bonds. The third kappa shape index (κ3) is 4.10. The number of hydrogen-bond acceptors (Lipinski definition) is 7. The monoisotopic (exact) mass is 408 g/mol. The molecule has 1 saturated heterocycles. The Bertz CT molecular complexity index is 1050. The Morgan fingerprint density at radius 1 is 1.13 bits per heavy atom. The topological polar surface area (TPSA) is 102 Å². The molecule has 0 aliphatic carbocycles. The number of aromatic nitrogens is 4. The van der Waals surface area contributed by atoms with Gasteiger partial charge in [-0.25, -0.2) is 14.3 Å². The molecule has 1 fully saturated rings. The maximum atomic E-state index is 12.6. The number of esters is 1. The van der Waals surface area contributed by atoms with Crippen molar-refractivity contribution < 1.29 is 14.3 Å². The molecule has 0 bridgehead atoms. The van der Waals surface area contributed by atoms with Crippen molar-refractivity contribution in [1.82, 2.24) is 19.6 Å². The summed E-state index contributed by atoms with van der Waals surface area (Å²) in [4.78, 5) is 35.3. The van der Waals surface area contributed by atoms with Gasteiger partial charge >= 0.3 is 5.97 Å². The number of benzene rings is 1. The van der Waals surface area contributed by atoms with E-state index in [1.54, 1.807) is 0 Å². The quantitative estimate of drug-likeness (QED) is 0.626. The van der Waals surface area contributed by atoms with Crippen LogP contribution in [0, 0.1) is 0 Å². The molecule has 2 aromatic heterocycles. The SMILES string of the molecule is CC(C)c1c(C(=O)OCC(=O)Nc2ccc(N3CCCC3)cc2)cnc2ncnn12. The second kappa shape index (κ2) is 8.48. The molecule has 30 heavy (non-hydrogen) atoms. The summed E-state index contributed by atoms with van der Waals surface area (Å²) in [6.45, 7) is 5.61. The van der Waals surface area contributed by atoms with Crippen LogP contribution in [0.15, 0.2) is 36.8 Å². The first kappa shape index (κ1) is 19.8. The van der Waals surface area contributed by atoms with Crippen LogP contribution in [0.4, 0.5) is 11.4 Å². The van der Waals surface area contributed by atoms with Crippen molar-refractivity contribution in [2.75, 3.05) is 29.9 Å². The average molecular weight is 408 g/mol. The van der Waals surface area contributed by atoms with Crippen molar-refractivity contribution in [1.29, 1.82) is 0 Å². The predicted molar refractivity (Wildman–Crippen MR) is 112 cm³/mol. The summed E-state index contributed by atoms with van der Waals surface area (Å²) in [6.07, 6.45) is 5.21. The second-order valence-corrected chi connectivity index (χ2v) is 7.55. The molecule has 0 saturated carbocycles. The minimum absolute atomic E-state index is 0.0114. The zero-order valence-electron chi connectivity index (χ0n) is 17.0. The summed E-state index contributed by atoms with van der Waals surface area (Å²) in [5, 5.41) is 6.87. The van der Waals surface area contributed by atoms with Gasteiger partial charge in [0.1, 0.15) is 6.33 Å². The molecule has 156 valence electrons. The normalized spacial score (nSPS) is 13.8. The van der Waals surface area contributed by atoms with Crippen molar-refractivity contribution in [2.24, 2.45) is 0 Å². The van der Waals surface area contributed by atoms with E-state index in [9.17, 15) is 9.59 Å². The van der Waals surface area contributed by atoms with E-state index in [-0.39, 0.29) is 18.1 Å². The highest BCUT2D eigenvalue weighted by atomic mass is 16.5. The van der Waals surface area contributed by atoms with Crippen LogP contribution in [0.1, 0.15) is 48.7 Å². The minimum atomic E-state index is -0.622. The number of carbonyl (C=O) groups excluding carboxylic acids is 2. The molecule has 3 heterocycles. The summed E-state index contributed by atoms with van der Waals surface area (Å²) in [5.41, 5.74) is 2.72. The number of hydrogen-bond donors (Lipinski definition) is 1. The number of carbonyl (C=O) groups is 2. The van der Waals surface area contributed by atoms with Gasteiger partial charge in [0.25, 0.3) is 11.7 Å². The molecular weight excluding hydrogens is 384 g/mol. The second-order valence-electron chi connectivity index (χ2n) is 7.55. The van der Waals surface area contributed by atoms with Crippen LogP contribution in [0.3, 0.4) is 0 Å². The molecule has 9 heteroatoms. The van der Waals surface area contributed by atoms with Crippen LogP contribution >= 0.6 is 0 Å². The first-order chi connectivity index (χ1) is 14.5. The lowest BCUT2D eigenvalue weighted by molar-refractivity contribution is -0.119. The van der Waals surface area contributed by atoms with Gasteiger partial charge in [-0.15, -0.1) is 0 Å². The third-order valence-electron chi connectivity index (χ3n) is 5.07. The number of fused-ring (bicyclic) bond motifs is 1. The van der Waals surface area contributed by atoms with E-state index in [0.29, 0.717) is 17.2 Å². The average Bonchev–Trinajstić information content (AvgIpc) is 3.43. The van der Waals surface area contributed by atoms with Crippen LogP contribution in [0.5, 0.6) is 0 Å². The van der Waals surface area contributed by atoms with Gasteiger partial charge in [0, 0.05) is 30.7 Å². The minimum Gasteiger partial charge on any atom is -0.452 e. The lowest BCUT2D eigenvalue weighted by Crippen LogP contribution is -2.22. The molecule has 4 rings (SSSR count). The summed E-state index contributed by atoms with van der Waals surface area (Å²) in [6, 6.07) is 7.68. The fraction of sp³-hybridized carbons (Fsp3) is 0.381. The highest BCUT2D eigenvalue weighted by molar-refractivity contribution is 5.96. The van der Waals surface area contributed by atoms with Gasteiger partial charge in [0.15, 0.2) is 6.61 Å². The van der Waals surface area contributed by atoms with Crippen LogP contribution in [0.25, 0.3) is 5.78 Å². The highest BCUT2D eigenvalue weighted by Gasteiger charge is 2.21. The van der Waals surface area contributed by atoms with Crippen LogP contribution in [-0.2, 0) is 9.53 Å². The van der Waals surface area contributed by atoms with Gasteiger partial charge in [-0.1, -0.05) is 13.8 Å². The molecule has 1 N–H and O–H groups in total. The summed E-state index contributed by atoms with van der Waals surface area (Å²) < 4.78 is 6.74.